The van der Waals surface area contributed by atoms with Crippen LogP contribution in [0, 0.1) is 5.41 Å². The summed E-state index contributed by atoms with van der Waals surface area (Å²) >= 11 is 0. The first-order valence-corrected chi connectivity index (χ1v) is 7.95. The molecular formula is C16H23N5O2. The Morgan fingerprint density at radius 1 is 1.43 bits per heavy atom. The lowest BCUT2D eigenvalue weighted by Gasteiger charge is -2.32. The van der Waals surface area contributed by atoms with Gasteiger partial charge < -0.3 is 15.5 Å². The van der Waals surface area contributed by atoms with Gasteiger partial charge in [-0.25, -0.2) is 4.79 Å². The fourth-order valence-corrected chi connectivity index (χ4v) is 3.54. The molecule has 2 saturated heterocycles. The van der Waals surface area contributed by atoms with E-state index in [9.17, 15) is 9.59 Å². The molecule has 7 nitrogen and oxygen atoms in total. The largest absolute Gasteiger partial charge is 0.355 e. The van der Waals surface area contributed by atoms with Gasteiger partial charge in [-0.05, 0) is 11.6 Å². The van der Waals surface area contributed by atoms with Crippen molar-refractivity contribution in [1.82, 2.24) is 25.4 Å². The molecule has 3 amide bonds. The van der Waals surface area contributed by atoms with Gasteiger partial charge in [-0.15, -0.1) is 0 Å². The molecule has 1 aromatic heterocycles. The smallest absolute Gasteiger partial charge is 0.317 e. The van der Waals surface area contributed by atoms with Crippen molar-refractivity contribution < 1.29 is 9.59 Å². The SMILES string of the molecule is CNC(=O)N1CCN(Cc2cccnc2)CC2(CNC(=O)C2)C1. The minimum atomic E-state index is -0.206. The van der Waals surface area contributed by atoms with Crippen LogP contribution in [0.1, 0.15) is 12.0 Å². The average Bonchev–Trinajstić information content (AvgIpc) is 2.81. The number of hydrogen-bond donors (Lipinski definition) is 2. The molecule has 1 atom stereocenters. The number of urea groups is 1. The molecule has 1 aromatic rings. The van der Waals surface area contributed by atoms with Gasteiger partial charge in [-0.3, -0.25) is 14.7 Å². The number of hydrogen-bond acceptors (Lipinski definition) is 4. The van der Waals surface area contributed by atoms with E-state index < -0.39 is 0 Å². The van der Waals surface area contributed by atoms with Crippen molar-refractivity contribution in [3.8, 4) is 0 Å². The number of carbonyl (C=O) groups excluding carboxylic acids is 2. The highest BCUT2D eigenvalue weighted by Gasteiger charge is 2.43. The van der Waals surface area contributed by atoms with Gasteiger partial charge in [0.1, 0.15) is 0 Å². The van der Waals surface area contributed by atoms with Gasteiger partial charge in [-0.2, -0.15) is 0 Å². The molecule has 3 rings (SSSR count). The monoisotopic (exact) mass is 317 g/mol. The van der Waals surface area contributed by atoms with Crippen LogP contribution in [0.25, 0.3) is 0 Å². The lowest BCUT2D eigenvalue weighted by Crippen LogP contribution is -2.46. The molecule has 0 aromatic carbocycles. The summed E-state index contributed by atoms with van der Waals surface area (Å²) in [6, 6.07) is 3.91. The summed E-state index contributed by atoms with van der Waals surface area (Å²) in [6.07, 6.45) is 4.11. The van der Waals surface area contributed by atoms with E-state index in [2.05, 4.69) is 26.6 Å². The fourth-order valence-electron chi connectivity index (χ4n) is 3.54. The minimum Gasteiger partial charge on any atom is -0.355 e. The summed E-state index contributed by atoms with van der Waals surface area (Å²) in [5, 5.41) is 5.63. The van der Waals surface area contributed by atoms with Crippen molar-refractivity contribution in [2.45, 2.75) is 13.0 Å². The zero-order valence-corrected chi connectivity index (χ0v) is 13.4. The summed E-state index contributed by atoms with van der Waals surface area (Å²) in [5.41, 5.74) is 0.941. The maximum Gasteiger partial charge on any atom is 0.317 e. The Morgan fingerprint density at radius 2 is 2.30 bits per heavy atom. The third-order valence-electron chi connectivity index (χ3n) is 4.60. The van der Waals surface area contributed by atoms with Crippen LogP contribution in [0.5, 0.6) is 0 Å². The van der Waals surface area contributed by atoms with E-state index in [1.165, 1.54) is 0 Å². The quantitative estimate of drug-likeness (QED) is 0.808. The van der Waals surface area contributed by atoms with Gasteiger partial charge in [0, 0.05) is 70.5 Å². The summed E-state index contributed by atoms with van der Waals surface area (Å²) < 4.78 is 0. The predicted molar refractivity (Wildman–Crippen MR) is 85.6 cm³/mol. The summed E-state index contributed by atoms with van der Waals surface area (Å²) in [5.74, 6) is 0.0742. The number of rotatable bonds is 2. The molecule has 23 heavy (non-hydrogen) atoms. The molecule has 124 valence electrons. The van der Waals surface area contributed by atoms with Gasteiger partial charge in [0.15, 0.2) is 0 Å². The number of carbonyl (C=O) groups is 2. The first-order chi connectivity index (χ1) is 11.1. The Morgan fingerprint density at radius 3 is 2.96 bits per heavy atom. The highest BCUT2D eigenvalue weighted by Crippen LogP contribution is 2.31. The Labute approximate surface area is 136 Å². The standard InChI is InChI=1S/C16H23N5O2/c1-17-15(23)21-6-5-20(9-13-3-2-4-18-8-13)11-16(12-21)7-14(22)19-10-16/h2-4,8H,5-7,9-12H2,1H3,(H,17,23)(H,19,22). The maximum atomic E-state index is 12.1. The summed E-state index contributed by atoms with van der Waals surface area (Å²) in [7, 11) is 1.64. The number of pyridine rings is 1. The zero-order valence-electron chi connectivity index (χ0n) is 13.4. The number of aromatic nitrogens is 1. The van der Waals surface area contributed by atoms with E-state index in [1.54, 1.807) is 13.2 Å². The Bertz CT molecular complexity index is 579. The first kappa shape index (κ1) is 15.7. The topological polar surface area (TPSA) is 77.6 Å². The van der Waals surface area contributed by atoms with Crippen LogP contribution in [0.2, 0.25) is 0 Å². The third kappa shape index (κ3) is 3.61. The van der Waals surface area contributed by atoms with Crippen LogP contribution < -0.4 is 10.6 Å². The van der Waals surface area contributed by atoms with Crippen molar-refractivity contribution in [3.63, 3.8) is 0 Å². The molecule has 0 radical (unpaired) electrons. The van der Waals surface area contributed by atoms with Crippen LogP contribution in [-0.4, -0.2) is 66.5 Å². The third-order valence-corrected chi connectivity index (χ3v) is 4.60. The van der Waals surface area contributed by atoms with Gasteiger partial charge in [-0.1, -0.05) is 6.07 Å². The molecule has 2 aliphatic rings. The van der Waals surface area contributed by atoms with Crippen molar-refractivity contribution in [3.05, 3.63) is 30.1 Å². The van der Waals surface area contributed by atoms with E-state index in [1.807, 2.05) is 17.2 Å². The fraction of sp³-hybridized carbons (Fsp3) is 0.562. The second kappa shape index (κ2) is 6.54. The highest BCUT2D eigenvalue weighted by molar-refractivity contribution is 5.80. The molecule has 0 aliphatic carbocycles. The van der Waals surface area contributed by atoms with Gasteiger partial charge in [0.25, 0.3) is 0 Å². The summed E-state index contributed by atoms with van der Waals surface area (Å²) in [4.78, 5) is 32.2. The Kier molecular flexibility index (Phi) is 4.47. The van der Waals surface area contributed by atoms with E-state index in [0.29, 0.717) is 26.1 Å². The van der Waals surface area contributed by atoms with Crippen molar-refractivity contribution in [1.29, 1.82) is 0 Å². The highest BCUT2D eigenvalue weighted by atomic mass is 16.2. The lowest BCUT2D eigenvalue weighted by atomic mass is 9.86. The first-order valence-electron chi connectivity index (χ1n) is 7.95. The lowest BCUT2D eigenvalue weighted by molar-refractivity contribution is -0.119. The van der Waals surface area contributed by atoms with Crippen LogP contribution in [0.3, 0.4) is 0 Å². The van der Waals surface area contributed by atoms with E-state index in [-0.39, 0.29) is 17.4 Å². The van der Waals surface area contributed by atoms with Crippen LogP contribution in [0.15, 0.2) is 24.5 Å². The number of amides is 3. The molecule has 2 aliphatic heterocycles. The van der Waals surface area contributed by atoms with E-state index in [0.717, 1.165) is 25.2 Å². The van der Waals surface area contributed by atoms with Crippen molar-refractivity contribution in [2.24, 2.45) is 5.41 Å². The minimum absolute atomic E-state index is 0.0742. The molecule has 1 unspecified atom stereocenters. The second-order valence-corrected chi connectivity index (χ2v) is 6.50. The predicted octanol–water partition coefficient (Wildman–Crippen LogP) is 0.0449. The number of nitrogens with zero attached hydrogens (tertiary/aromatic N) is 3. The van der Waals surface area contributed by atoms with Crippen LogP contribution >= 0.6 is 0 Å². The molecule has 2 fully saturated rings. The molecule has 3 heterocycles. The van der Waals surface area contributed by atoms with Gasteiger partial charge in [0.2, 0.25) is 5.91 Å². The second-order valence-electron chi connectivity index (χ2n) is 6.50. The van der Waals surface area contributed by atoms with Gasteiger partial charge in [0.05, 0.1) is 0 Å². The normalized spacial score (nSPS) is 25.3. The van der Waals surface area contributed by atoms with E-state index >= 15 is 0 Å². The van der Waals surface area contributed by atoms with Crippen molar-refractivity contribution >= 4 is 11.9 Å². The maximum absolute atomic E-state index is 12.1. The van der Waals surface area contributed by atoms with Gasteiger partial charge >= 0.3 is 6.03 Å². The number of nitrogens with one attached hydrogen (secondary N) is 2. The average molecular weight is 317 g/mol. The summed E-state index contributed by atoms with van der Waals surface area (Å²) in [6.45, 7) is 4.27. The zero-order chi connectivity index (χ0) is 16.3. The van der Waals surface area contributed by atoms with E-state index in [4.69, 9.17) is 0 Å². The van der Waals surface area contributed by atoms with Crippen molar-refractivity contribution in [2.75, 3.05) is 39.8 Å². The Hall–Kier alpha value is -2.15. The Balaban J connectivity index is 1.77. The molecule has 0 bridgehead atoms. The molecule has 1 spiro atoms. The molecular weight excluding hydrogens is 294 g/mol. The molecule has 0 saturated carbocycles. The van der Waals surface area contributed by atoms with Crippen LogP contribution in [-0.2, 0) is 11.3 Å². The molecule has 2 N–H and O–H groups in total. The van der Waals surface area contributed by atoms with Crippen LogP contribution in [0.4, 0.5) is 4.79 Å². The molecule has 7 heteroatoms.